The molecule has 148 valence electrons. The highest BCUT2D eigenvalue weighted by molar-refractivity contribution is 6.05. The maximum Gasteiger partial charge on any atom is 0.273 e. The molecule has 0 bridgehead atoms. The van der Waals surface area contributed by atoms with E-state index in [-0.39, 0.29) is 18.5 Å². The molecule has 6 nitrogen and oxygen atoms in total. The van der Waals surface area contributed by atoms with Crippen molar-refractivity contribution in [2.45, 2.75) is 19.7 Å². The Morgan fingerprint density at radius 3 is 2.40 bits per heavy atom. The van der Waals surface area contributed by atoms with E-state index in [0.29, 0.717) is 29.7 Å². The first-order valence-electron chi connectivity index (χ1n) is 9.76. The number of aliphatic hydroxyl groups is 1. The highest BCUT2D eigenvalue weighted by Crippen LogP contribution is 2.29. The zero-order chi connectivity index (χ0) is 20.7. The van der Waals surface area contributed by atoms with E-state index in [2.05, 4.69) is 9.97 Å². The molecule has 3 N–H and O–H groups in total. The van der Waals surface area contributed by atoms with Crippen LogP contribution in [0.25, 0.3) is 22.0 Å². The third-order valence-electron chi connectivity index (χ3n) is 5.49. The molecule has 0 unspecified atom stereocenters. The van der Waals surface area contributed by atoms with E-state index in [1.807, 2.05) is 66.7 Å². The van der Waals surface area contributed by atoms with Crippen molar-refractivity contribution in [1.29, 1.82) is 0 Å². The molecule has 1 aliphatic rings. The lowest BCUT2D eigenvalue weighted by Crippen LogP contribution is -2.27. The average molecular weight is 396 g/mol. The van der Waals surface area contributed by atoms with Gasteiger partial charge in [-0.25, -0.2) is 9.97 Å². The molecular weight excluding hydrogens is 376 g/mol. The van der Waals surface area contributed by atoms with Crippen molar-refractivity contribution in [1.82, 2.24) is 14.9 Å². The van der Waals surface area contributed by atoms with Gasteiger partial charge in [-0.05, 0) is 46.0 Å². The van der Waals surface area contributed by atoms with Crippen LogP contribution in [0.4, 0.5) is 5.95 Å². The molecule has 0 atom stereocenters. The number of benzene rings is 3. The Morgan fingerprint density at radius 1 is 0.933 bits per heavy atom. The van der Waals surface area contributed by atoms with Crippen LogP contribution in [-0.4, -0.2) is 25.9 Å². The third-order valence-corrected chi connectivity index (χ3v) is 5.49. The Balaban J connectivity index is 1.58. The number of carbonyl (C=O) groups excluding carboxylic acids is 1. The molecule has 0 spiro atoms. The molecule has 0 saturated carbocycles. The van der Waals surface area contributed by atoms with Gasteiger partial charge in [0.2, 0.25) is 5.95 Å². The van der Waals surface area contributed by atoms with Crippen molar-refractivity contribution < 1.29 is 9.90 Å². The van der Waals surface area contributed by atoms with Crippen molar-refractivity contribution >= 4 is 22.8 Å². The monoisotopic (exact) mass is 396 g/mol. The van der Waals surface area contributed by atoms with Crippen LogP contribution in [0.3, 0.4) is 0 Å². The van der Waals surface area contributed by atoms with Gasteiger partial charge in [0.1, 0.15) is 5.69 Å². The molecule has 0 aliphatic carbocycles. The number of carbonyl (C=O) groups is 1. The number of nitrogen functional groups attached to an aromatic ring is 1. The predicted molar refractivity (Wildman–Crippen MR) is 115 cm³/mol. The van der Waals surface area contributed by atoms with Gasteiger partial charge in [-0.2, -0.15) is 0 Å². The summed E-state index contributed by atoms with van der Waals surface area (Å²) in [5, 5.41) is 10.1. The number of fused-ring (bicyclic) bond motifs is 2. The lowest BCUT2D eigenvalue weighted by atomic mass is 10.0. The molecule has 0 fully saturated rings. The summed E-state index contributed by atoms with van der Waals surface area (Å²) in [5.41, 5.74) is 11.9. The lowest BCUT2D eigenvalue weighted by molar-refractivity contribution is 0.0747. The Hall–Kier alpha value is -3.77. The van der Waals surface area contributed by atoms with Crippen LogP contribution < -0.4 is 5.73 Å². The van der Waals surface area contributed by atoms with Crippen LogP contribution in [0.15, 0.2) is 66.7 Å². The Bertz CT molecular complexity index is 1260. The number of aromatic nitrogens is 2. The van der Waals surface area contributed by atoms with E-state index in [1.165, 1.54) is 0 Å². The molecule has 0 radical (unpaired) electrons. The molecule has 3 aromatic carbocycles. The fourth-order valence-corrected chi connectivity index (χ4v) is 3.96. The SMILES string of the molecule is Nc1nc(C(=O)N2Cc3ccccc3C2)c2cc(-c3cccc(CO)c3)ccc2n1. The number of hydrogen-bond acceptors (Lipinski definition) is 5. The topological polar surface area (TPSA) is 92.3 Å². The fraction of sp³-hybridized carbons (Fsp3) is 0.125. The van der Waals surface area contributed by atoms with Crippen LogP contribution >= 0.6 is 0 Å². The van der Waals surface area contributed by atoms with Gasteiger partial charge in [-0.15, -0.1) is 0 Å². The molecule has 5 rings (SSSR count). The lowest BCUT2D eigenvalue weighted by Gasteiger charge is -2.16. The molecular formula is C24H20N4O2. The summed E-state index contributed by atoms with van der Waals surface area (Å²) in [6.45, 7) is 1.08. The smallest absolute Gasteiger partial charge is 0.273 e. The summed E-state index contributed by atoms with van der Waals surface area (Å²) in [6.07, 6.45) is 0. The zero-order valence-corrected chi connectivity index (χ0v) is 16.2. The average Bonchev–Trinajstić information content (AvgIpc) is 3.22. The van der Waals surface area contributed by atoms with Gasteiger partial charge in [0.05, 0.1) is 12.1 Å². The highest BCUT2D eigenvalue weighted by Gasteiger charge is 2.26. The van der Waals surface area contributed by atoms with Crippen molar-refractivity contribution in [3.8, 4) is 11.1 Å². The normalized spacial score (nSPS) is 12.9. The summed E-state index contributed by atoms with van der Waals surface area (Å²) >= 11 is 0. The van der Waals surface area contributed by atoms with Crippen molar-refractivity contribution in [2.24, 2.45) is 0 Å². The largest absolute Gasteiger partial charge is 0.392 e. The molecule has 6 heteroatoms. The van der Waals surface area contributed by atoms with Gasteiger partial charge in [0, 0.05) is 18.5 Å². The number of rotatable bonds is 3. The van der Waals surface area contributed by atoms with Gasteiger partial charge in [0.25, 0.3) is 5.91 Å². The first-order valence-corrected chi connectivity index (χ1v) is 9.76. The molecule has 2 heterocycles. The van der Waals surface area contributed by atoms with E-state index < -0.39 is 0 Å². The van der Waals surface area contributed by atoms with Gasteiger partial charge < -0.3 is 15.7 Å². The Kier molecular flexibility index (Phi) is 4.41. The summed E-state index contributed by atoms with van der Waals surface area (Å²) in [4.78, 5) is 23.8. The summed E-state index contributed by atoms with van der Waals surface area (Å²) in [7, 11) is 0. The first kappa shape index (κ1) is 18.3. The van der Waals surface area contributed by atoms with Crippen LogP contribution in [0, 0.1) is 0 Å². The van der Waals surface area contributed by atoms with E-state index in [0.717, 1.165) is 27.8 Å². The van der Waals surface area contributed by atoms with Crippen LogP contribution in [0.2, 0.25) is 0 Å². The molecule has 0 saturated heterocycles. The van der Waals surface area contributed by atoms with E-state index in [4.69, 9.17) is 5.73 Å². The summed E-state index contributed by atoms with van der Waals surface area (Å²) in [5.74, 6) is -0.0795. The maximum absolute atomic E-state index is 13.4. The van der Waals surface area contributed by atoms with E-state index in [1.54, 1.807) is 4.90 Å². The van der Waals surface area contributed by atoms with Gasteiger partial charge in [-0.1, -0.05) is 48.5 Å². The minimum atomic E-state index is -0.161. The van der Waals surface area contributed by atoms with Crippen LogP contribution in [-0.2, 0) is 19.7 Å². The quantitative estimate of drug-likeness (QED) is 0.553. The predicted octanol–water partition coefficient (Wildman–Crippen LogP) is 3.53. The number of hydrogen-bond donors (Lipinski definition) is 2. The van der Waals surface area contributed by atoms with Crippen molar-refractivity contribution in [2.75, 3.05) is 5.73 Å². The van der Waals surface area contributed by atoms with Crippen molar-refractivity contribution in [3.63, 3.8) is 0 Å². The molecule has 1 aliphatic heterocycles. The van der Waals surface area contributed by atoms with Crippen molar-refractivity contribution in [3.05, 3.63) is 89.1 Å². The number of anilines is 1. The summed E-state index contributed by atoms with van der Waals surface area (Å²) < 4.78 is 0. The number of nitrogens with zero attached hydrogens (tertiary/aromatic N) is 3. The zero-order valence-electron chi connectivity index (χ0n) is 16.2. The summed E-state index contributed by atoms with van der Waals surface area (Å²) in [6, 6.07) is 21.4. The second-order valence-electron chi connectivity index (χ2n) is 7.45. The maximum atomic E-state index is 13.4. The minimum absolute atomic E-state index is 0.0275. The molecule has 30 heavy (non-hydrogen) atoms. The minimum Gasteiger partial charge on any atom is -0.392 e. The molecule has 1 amide bonds. The van der Waals surface area contributed by atoms with Crippen LogP contribution in [0.5, 0.6) is 0 Å². The standard InChI is InChI=1S/C24H20N4O2/c25-24-26-21-9-8-17(16-7-3-4-15(10-16)14-29)11-20(21)22(27-24)23(30)28-12-18-5-1-2-6-19(18)13-28/h1-11,29H,12-14H2,(H2,25,26,27). The van der Waals surface area contributed by atoms with Gasteiger partial charge in [-0.3, -0.25) is 4.79 Å². The fourth-order valence-electron chi connectivity index (χ4n) is 3.96. The number of nitrogens with two attached hydrogens (primary N) is 1. The number of amides is 1. The second-order valence-corrected chi connectivity index (χ2v) is 7.45. The number of aliphatic hydroxyl groups excluding tert-OH is 1. The van der Waals surface area contributed by atoms with E-state index in [9.17, 15) is 9.90 Å². The molecule has 1 aromatic heterocycles. The van der Waals surface area contributed by atoms with Crippen LogP contribution in [0.1, 0.15) is 27.2 Å². The van der Waals surface area contributed by atoms with Gasteiger partial charge in [0.15, 0.2) is 0 Å². The van der Waals surface area contributed by atoms with Gasteiger partial charge >= 0.3 is 0 Å². The highest BCUT2D eigenvalue weighted by atomic mass is 16.3. The Labute approximate surface area is 173 Å². The molecule has 4 aromatic rings. The Morgan fingerprint density at radius 2 is 1.67 bits per heavy atom. The first-order chi connectivity index (χ1) is 14.6. The van der Waals surface area contributed by atoms with E-state index >= 15 is 0 Å². The third kappa shape index (κ3) is 3.17. The second kappa shape index (κ2) is 7.24.